The first-order valence-electron chi connectivity index (χ1n) is 16.8. The standard InChI is InChI=1S/C21H22Br2O.C8H8O.C6H3Cl2N.C6H8N.W/c1-12-17(22)10-13-6-2-4-8-15(13)19(12)20-16-9-5-3-7-14(16)11-18(23)21(20)24;1-7-5-3-4-6-8(7)9-2;7-4-2-1-3-5(8)6(4)9;1-5-3-4-6(2)7-5;/h10-11,24H,2-9H2,1H3;1,3-6H,2H3;1-3H;3-4H,1-2H3;/q;;;-1;. The second-order valence-electron chi connectivity index (χ2n) is 12.5. The van der Waals surface area contributed by atoms with Crippen LogP contribution < -0.4 is 9.72 Å². The van der Waals surface area contributed by atoms with Gasteiger partial charge in [0.1, 0.15) is 5.75 Å². The van der Waals surface area contributed by atoms with Crippen molar-refractivity contribution in [1.82, 2.24) is 4.98 Å². The summed E-state index contributed by atoms with van der Waals surface area (Å²) in [4.78, 5) is 4.11. The van der Waals surface area contributed by atoms with E-state index in [-0.39, 0.29) is 0 Å². The molecule has 0 aliphatic heterocycles. The van der Waals surface area contributed by atoms with Gasteiger partial charge in [0, 0.05) is 10.0 Å². The van der Waals surface area contributed by atoms with Gasteiger partial charge < -0.3 is 10.1 Å². The third kappa shape index (κ3) is 9.55. The van der Waals surface area contributed by atoms with Gasteiger partial charge in [0.2, 0.25) is 0 Å². The Morgan fingerprint density at radius 3 is 1.90 bits per heavy atom. The van der Waals surface area contributed by atoms with E-state index in [1.165, 1.54) is 63.5 Å². The second-order valence-corrected chi connectivity index (χ2v) is 17.3. The van der Waals surface area contributed by atoms with E-state index in [2.05, 4.69) is 63.8 Å². The molecule has 1 N–H and O–H groups in total. The van der Waals surface area contributed by atoms with Gasteiger partial charge in [-0.05, 0) is 120 Å². The molecule has 0 radical (unpaired) electrons. The number of fused-ring (bicyclic) bond motifs is 2. The van der Waals surface area contributed by atoms with Gasteiger partial charge in [-0.25, -0.2) is 0 Å². The molecule has 0 fully saturated rings. The molecule has 7 rings (SSSR count). The number of phenols is 1. The molecule has 2 aliphatic carbocycles. The maximum Gasteiger partial charge on any atom is 0.137 e. The summed E-state index contributed by atoms with van der Waals surface area (Å²) in [5.74, 6) is 1.28. The summed E-state index contributed by atoms with van der Waals surface area (Å²) in [5.41, 5.74) is 13.3. The Bertz CT molecular complexity index is 1950. The number of aromatic nitrogens is 1. The minimum Gasteiger partial charge on any atom is -0.665 e. The van der Waals surface area contributed by atoms with Crippen LogP contribution in [0.1, 0.15) is 70.5 Å². The number of rotatable bonds is 4. The molecule has 9 heteroatoms. The molecule has 262 valence electrons. The molecule has 5 aromatic rings. The maximum absolute atomic E-state index is 11.0. The summed E-state index contributed by atoms with van der Waals surface area (Å²) >= 11 is 18.5. The number of phenolic OH excluding ortho intramolecular Hbond substituents is 1. The molecule has 1 heterocycles. The van der Waals surface area contributed by atoms with Crippen LogP contribution in [0.4, 0.5) is 5.69 Å². The SMILES string of the molecule is COc1ccccc1[CH]=[W]=[N]c1c(Cl)cccc1Cl.Cc1c(Br)cc2c(c1-c1c(O)c(Br)cc3c1CCCC3)CCCC2.Cc1ccc(C)[n-]1. The molecule has 0 bridgehead atoms. The summed E-state index contributed by atoms with van der Waals surface area (Å²) in [6, 6.07) is 21.8. The Balaban J connectivity index is 0.000000166. The summed E-state index contributed by atoms with van der Waals surface area (Å²) in [5, 5.41) is 12.2. The van der Waals surface area contributed by atoms with Crippen LogP contribution in [0.2, 0.25) is 10.0 Å². The molecular formula is C41H41Br2Cl2N2O2W-. The first-order valence-corrected chi connectivity index (χ1v) is 22.1. The van der Waals surface area contributed by atoms with Gasteiger partial charge in [-0.3, -0.25) is 0 Å². The second kappa shape index (κ2) is 18.4. The van der Waals surface area contributed by atoms with Crippen LogP contribution in [-0.4, -0.2) is 16.6 Å². The average Bonchev–Trinajstić information content (AvgIpc) is 3.50. The Hall–Kier alpha value is -2.34. The first kappa shape index (κ1) is 38.9. The van der Waals surface area contributed by atoms with Crippen molar-refractivity contribution in [2.24, 2.45) is 3.50 Å². The van der Waals surface area contributed by atoms with Gasteiger partial charge in [0.05, 0.1) is 4.47 Å². The Kier molecular flexibility index (Phi) is 14.3. The predicted molar refractivity (Wildman–Crippen MR) is 213 cm³/mol. The van der Waals surface area contributed by atoms with Crippen LogP contribution in [-0.2, 0) is 43.6 Å². The van der Waals surface area contributed by atoms with Crippen LogP contribution in [0.5, 0.6) is 11.5 Å². The molecule has 4 aromatic carbocycles. The van der Waals surface area contributed by atoms with Crippen LogP contribution >= 0.6 is 55.1 Å². The largest absolute Gasteiger partial charge is 0.665 e. The smallest absolute Gasteiger partial charge is 0.137 e. The van der Waals surface area contributed by atoms with Gasteiger partial charge in [0.15, 0.2) is 0 Å². The zero-order valence-corrected chi connectivity index (χ0v) is 36.4. The van der Waals surface area contributed by atoms with Crippen molar-refractivity contribution in [2.75, 3.05) is 7.11 Å². The minimum absolute atomic E-state index is 0.421. The molecule has 0 saturated carbocycles. The number of aryl methyl sites for hydroxylation is 4. The van der Waals surface area contributed by atoms with E-state index in [9.17, 15) is 5.11 Å². The van der Waals surface area contributed by atoms with E-state index in [0.717, 1.165) is 58.4 Å². The van der Waals surface area contributed by atoms with Crippen molar-refractivity contribution < 1.29 is 27.8 Å². The Labute approximate surface area is 331 Å². The molecule has 0 atom stereocenters. The fourth-order valence-corrected chi connectivity index (χ4v) is 10.7. The van der Waals surface area contributed by atoms with Gasteiger partial charge in [0.25, 0.3) is 0 Å². The number of halogens is 4. The normalized spacial score (nSPS) is 13.0. The summed E-state index contributed by atoms with van der Waals surface area (Å²) < 4.78 is 14.0. The average molecular weight is 1010 g/mol. The van der Waals surface area contributed by atoms with Crippen molar-refractivity contribution >= 4 is 65.1 Å². The van der Waals surface area contributed by atoms with Crippen LogP contribution in [0, 0.1) is 20.8 Å². The molecule has 50 heavy (non-hydrogen) atoms. The van der Waals surface area contributed by atoms with E-state index in [0.29, 0.717) is 21.5 Å². The fraction of sp³-hybridized carbons (Fsp3) is 0.293. The Morgan fingerprint density at radius 1 is 0.760 bits per heavy atom. The zero-order chi connectivity index (χ0) is 35.8. The number of ether oxygens (including phenoxy) is 1. The quantitative estimate of drug-likeness (QED) is 0.195. The minimum atomic E-state index is -1.07. The van der Waals surface area contributed by atoms with E-state index in [1.807, 2.05) is 56.3 Å². The van der Waals surface area contributed by atoms with E-state index in [4.69, 9.17) is 27.9 Å². The summed E-state index contributed by atoms with van der Waals surface area (Å²) in [6.07, 6.45) is 9.46. The maximum atomic E-state index is 11.0. The molecule has 0 saturated heterocycles. The third-order valence-electron chi connectivity index (χ3n) is 8.99. The number of para-hydroxylation sites is 1. The molecule has 4 nitrogen and oxygen atoms in total. The van der Waals surface area contributed by atoms with Gasteiger partial charge in [-0.1, -0.05) is 41.9 Å². The molecule has 0 amide bonds. The predicted octanol–water partition coefficient (Wildman–Crippen LogP) is 12.7. The summed E-state index contributed by atoms with van der Waals surface area (Å²) in [7, 11) is 1.67. The third-order valence-corrected chi connectivity index (χ3v) is 13.4. The van der Waals surface area contributed by atoms with Gasteiger partial charge in [-0.15, -0.1) is 0 Å². The topological polar surface area (TPSA) is 55.9 Å². The molecule has 2 aliphatic rings. The zero-order valence-electron chi connectivity index (χ0n) is 28.8. The van der Waals surface area contributed by atoms with E-state index in [1.54, 1.807) is 19.2 Å². The van der Waals surface area contributed by atoms with Crippen LogP contribution in [0.15, 0.2) is 79.2 Å². The Morgan fingerprint density at radius 2 is 1.32 bits per heavy atom. The molecule has 0 unspecified atom stereocenters. The number of hydrogen-bond acceptors (Lipinski definition) is 3. The molecule has 0 spiro atoms. The summed E-state index contributed by atoms with van der Waals surface area (Å²) in [6.45, 7) is 6.17. The van der Waals surface area contributed by atoms with Gasteiger partial charge in [-0.2, -0.15) is 11.4 Å². The van der Waals surface area contributed by atoms with Crippen molar-refractivity contribution in [2.45, 2.75) is 72.1 Å². The number of nitrogens with zero attached hydrogens (tertiary/aromatic N) is 2. The van der Waals surface area contributed by atoms with Crippen LogP contribution in [0.25, 0.3) is 11.1 Å². The van der Waals surface area contributed by atoms with E-state index < -0.39 is 17.9 Å². The molecular weight excluding hydrogens is 967 g/mol. The van der Waals surface area contributed by atoms with E-state index >= 15 is 0 Å². The molecule has 1 aromatic heterocycles. The fourth-order valence-electron chi connectivity index (χ4n) is 6.52. The van der Waals surface area contributed by atoms with Crippen molar-refractivity contribution in [3.63, 3.8) is 0 Å². The van der Waals surface area contributed by atoms with Crippen molar-refractivity contribution in [3.05, 3.63) is 130 Å². The van der Waals surface area contributed by atoms with Crippen molar-refractivity contribution in [1.29, 1.82) is 0 Å². The number of methoxy groups -OCH3 is 1. The number of aromatic hydroxyl groups is 1. The monoisotopic (exact) mass is 1010 g/mol. The number of benzene rings is 4. The van der Waals surface area contributed by atoms with Crippen LogP contribution in [0.3, 0.4) is 0 Å². The first-order chi connectivity index (χ1) is 24.1. The number of hydrogen-bond donors (Lipinski definition) is 1. The van der Waals surface area contributed by atoms with Crippen molar-refractivity contribution in [3.8, 4) is 22.6 Å². The van der Waals surface area contributed by atoms with Gasteiger partial charge >= 0.3 is 130 Å².